The molecular weight excluding hydrogens is 408 g/mol. The van der Waals surface area contributed by atoms with Crippen molar-refractivity contribution in [1.82, 2.24) is 9.21 Å². The Morgan fingerprint density at radius 1 is 1.28 bits per heavy atom. The molecule has 6 nitrogen and oxygen atoms in total. The van der Waals surface area contributed by atoms with Gasteiger partial charge in [0.15, 0.2) is 0 Å². The topological polar surface area (TPSA) is 70.8 Å². The van der Waals surface area contributed by atoms with Crippen molar-refractivity contribution < 1.29 is 17.6 Å². The van der Waals surface area contributed by atoms with Crippen LogP contribution in [-0.2, 0) is 23.0 Å². The van der Waals surface area contributed by atoms with E-state index < -0.39 is 10.0 Å². The summed E-state index contributed by atoms with van der Waals surface area (Å²) < 4.78 is 31.4. The van der Waals surface area contributed by atoms with Crippen LogP contribution in [0.2, 0.25) is 0 Å². The predicted molar refractivity (Wildman–Crippen MR) is 96.9 cm³/mol. The Labute approximate surface area is 155 Å². The summed E-state index contributed by atoms with van der Waals surface area (Å²) in [6, 6.07) is 5.45. The fourth-order valence-electron chi connectivity index (χ4n) is 2.90. The second kappa shape index (κ2) is 6.59. The summed E-state index contributed by atoms with van der Waals surface area (Å²) in [5, 5.41) is -0.225. The van der Waals surface area contributed by atoms with Gasteiger partial charge < -0.3 is 9.32 Å². The number of amides is 1. The third kappa shape index (κ3) is 3.38. The fourth-order valence-corrected chi connectivity index (χ4v) is 4.52. The molecule has 0 aliphatic carbocycles. The number of hydrogen-bond acceptors (Lipinski definition) is 4. The van der Waals surface area contributed by atoms with Crippen molar-refractivity contribution in [2.45, 2.75) is 25.0 Å². The van der Waals surface area contributed by atoms with Crippen molar-refractivity contribution in [1.29, 1.82) is 0 Å². The Bertz CT molecular complexity index is 934. The van der Waals surface area contributed by atoms with Crippen LogP contribution in [0.25, 0.3) is 0 Å². The minimum atomic E-state index is -3.69. The number of furan rings is 1. The fraction of sp³-hybridized carbons (Fsp3) is 0.353. The number of carbonyl (C=O) groups excluding carboxylic acids is 1. The summed E-state index contributed by atoms with van der Waals surface area (Å²) in [7, 11) is -0.855. The van der Waals surface area contributed by atoms with Gasteiger partial charge in [0.1, 0.15) is 6.26 Å². The normalized spacial score (nSPS) is 14.7. The summed E-state index contributed by atoms with van der Waals surface area (Å²) in [6.45, 7) is 3.09. The molecule has 1 aliphatic rings. The van der Waals surface area contributed by atoms with Gasteiger partial charge in [-0.25, -0.2) is 12.7 Å². The highest BCUT2D eigenvalue weighted by atomic mass is 79.9. The maximum atomic E-state index is 12.7. The Hall–Kier alpha value is -1.64. The molecule has 25 heavy (non-hydrogen) atoms. The molecule has 1 amide bonds. The molecular formula is C17H19BrN2O4S. The van der Waals surface area contributed by atoms with Gasteiger partial charge in [-0.2, -0.15) is 0 Å². The quantitative estimate of drug-likeness (QED) is 0.756. The first-order chi connectivity index (χ1) is 11.7. The third-order valence-corrected chi connectivity index (χ3v) is 6.66. The molecule has 2 heterocycles. The van der Waals surface area contributed by atoms with Gasteiger partial charge in [0.05, 0.1) is 5.56 Å². The van der Waals surface area contributed by atoms with Gasteiger partial charge in [-0.3, -0.25) is 4.79 Å². The molecule has 0 radical (unpaired) electrons. The third-order valence-electron chi connectivity index (χ3n) is 4.27. The molecule has 0 saturated carbocycles. The highest BCUT2D eigenvalue weighted by Gasteiger charge is 2.27. The number of hydrogen-bond donors (Lipinski definition) is 0. The van der Waals surface area contributed by atoms with Crippen LogP contribution in [0.5, 0.6) is 0 Å². The molecule has 8 heteroatoms. The molecule has 0 atom stereocenters. The molecule has 1 aromatic heterocycles. The van der Waals surface area contributed by atoms with E-state index in [9.17, 15) is 13.2 Å². The zero-order valence-corrected chi connectivity index (χ0v) is 16.6. The van der Waals surface area contributed by atoms with Crippen LogP contribution in [0.15, 0.2) is 38.4 Å². The smallest absolute Gasteiger partial charge is 0.275 e. The Kier molecular flexibility index (Phi) is 4.78. The van der Waals surface area contributed by atoms with Crippen molar-refractivity contribution in [3.8, 4) is 0 Å². The maximum Gasteiger partial charge on any atom is 0.275 e. The van der Waals surface area contributed by atoms with Gasteiger partial charge in [0, 0.05) is 37.7 Å². The first kappa shape index (κ1) is 18.2. The molecule has 0 unspecified atom stereocenters. The van der Waals surface area contributed by atoms with E-state index in [0.29, 0.717) is 13.1 Å². The van der Waals surface area contributed by atoms with Crippen LogP contribution in [0.1, 0.15) is 27.0 Å². The number of benzene rings is 1. The van der Waals surface area contributed by atoms with Crippen LogP contribution < -0.4 is 0 Å². The molecule has 2 aromatic rings. The standard InChI is InChI=1S/C17H19BrN2O4S/c1-11-6-12-9-20(5-4-14(12)15(18)7-11)17(21)13-8-16(24-10-13)25(22,23)19(2)3/h6-8,10H,4-5,9H2,1-3H3. The molecule has 0 N–H and O–H groups in total. The number of nitrogens with zero attached hydrogens (tertiary/aromatic N) is 2. The molecule has 1 aliphatic heterocycles. The van der Waals surface area contributed by atoms with E-state index in [1.54, 1.807) is 4.90 Å². The second-order valence-corrected chi connectivity index (χ2v) is 9.24. The minimum Gasteiger partial charge on any atom is -0.451 e. The van der Waals surface area contributed by atoms with Gasteiger partial charge in [-0.15, -0.1) is 0 Å². The van der Waals surface area contributed by atoms with Gasteiger partial charge in [-0.1, -0.05) is 22.0 Å². The van der Waals surface area contributed by atoms with Crippen LogP contribution in [-0.4, -0.2) is 44.2 Å². The van der Waals surface area contributed by atoms with Crippen LogP contribution in [0, 0.1) is 6.92 Å². The number of carbonyl (C=O) groups is 1. The van der Waals surface area contributed by atoms with Crippen molar-refractivity contribution in [3.63, 3.8) is 0 Å². The zero-order valence-electron chi connectivity index (χ0n) is 14.2. The molecule has 0 spiro atoms. The number of rotatable bonds is 3. The summed E-state index contributed by atoms with van der Waals surface area (Å²) in [5.74, 6) is -0.229. The van der Waals surface area contributed by atoms with Crippen LogP contribution in [0.3, 0.4) is 0 Å². The predicted octanol–water partition coefficient (Wildman–Crippen LogP) is 2.80. The van der Waals surface area contributed by atoms with Gasteiger partial charge in [0.2, 0.25) is 5.09 Å². The van der Waals surface area contributed by atoms with E-state index in [1.165, 1.54) is 32.0 Å². The molecule has 134 valence electrons. The van der Waals surface area contributed by atoms with Gasteiger partial charge in [-0.05, 0) is 36.1 Å². The lowest BCUT2D eigenvalue weighted by Crippen LogP contribution is -2.36. The molecule has 0 bridgehead atoms. The van der Waals surface area contributed by atoms with Gasteiger partial charge in [0.25, 0.3) is 15.9 Å². The molecule has 3 rings (SSSR count). The van der Waals surface area contributed by atoms with Crippen molar-refractivity contribution >= 4 is 31.9 Å². The van der Waals surface area contributed by atoms with E-state index in [0.717, 1.165) is 26.3 Å². The number of fused-ring (bicyclic) bond motifs is 1. The molecule has 0 saturated heterocycles. The number of halogens is 1. The lowest BCUT2D eigenvalue weighted by Gasteiger charge is -2.29. The maximum absolute atomic E-state index is 12.7. The van der Waals surface area contributed by atoms with Crippen LogP contribution >= 0.6 is 15.9 Å². The largest absolute Gasteiger partial charge is 0.451 e. The van der Waals surface area contributed by atoms with E-state index in [-0.39, 0.29) is 16.6 Å². The van der Waals surface area contributed by atoms with Gasteiger partial charge >= 0.3 is 0 Å². The molecule has 0 fully saturated rings. The first-order valence-corrected chi connectivity index (χ1v) is 10.0. The summed E-state index contributed by atoms with van der Waals surface area (Å²) in [5.41, 5.74) is 3.70. The Balaban J connectivity index is 1.84. The minimum absolute atomic E-state index is 0.225. The van der Waals surface area contributed by atoms with Crippen molar-refractivity contribution in [3.05, 3.63) is 51.2 Å². The van der Waals surface area contributed by atoms with E-state index in [4.69, 9.17) is 4.42 Å². The zero-order chi connectivity index (χ0) is 18.4. The second-order valence-electron chi connectivity index (χ2n) is 6.30. The summed E-state index contributed by atoms with van der Waals surface area (Å²) >= 11 is 3.58. The monoisotopic (exact) mass is 426 g/mol. The Morgan fingerprint density at radius 2 is 2.00 bits per heavy atom. The van der Waals surface area contributed by atoms with Crippen molar-refractivity contribution in [2.75, 3.05) is 20.6 Å². The lowest BCUT2D eigenvalue weighted by molar-refractivity contribution is 0.0733. The first-order valence-electron chi connectivity index (χ1n) is 7.78. The molecule has 1 aromatic carbocycles. The average molecular weight is 427 g/mol. The SMILES string of the molecule is Cc1cc(Br)c2c(c1)CN(C(=O)c1coc(S(=O)(=O)N(C)C)c1)CC2. The number of aryl methyl sites for hydroxylation is 1. The van der Waals surface area contributed by atoms with Crippen LogP contribution in [0.4, 0.5) is 0 Å². The highest BCUT2D eigenvalue weighted by molar-refractivity contribution is 9.10. The van der Waals surface area contributed by atoms with Crippen molar-refractivity contribution in [2.24, 2.45) is 0 Å². The summed E-state index contributed by atoms with van der Waals surface area (Å²) in [4.78, 5) is 14.4. The average Bonchev–Trinajstić information content (AvgIpc) is 3.03. The number of sulfonamides is 1. The van der Waals surface area contributed by atoms with E-state index in [1.807, 2.05) is 6.92 Å². The lowest BCUT2D eigenvalue weighted by atomic mass is 9.97. The van der Waals surface area contributed by atoms with E-state index in [2.05, 4.69) is 28.1 Å². The summed E-state index contributed by atoms with van der Waals surface area (Å²) in [6.07, 6.45) is 1.96. The Morgan fingerprint density at radius 3 is 2.68 bits per heavy atom. The van der Waals surface area contributed by atoms with E-state index >= 15 is 0 Å². The highest BCUT2D eigenvalue weighted by Crippen LogP contribution is 2.29.